The summed E-state index contributed by atoms with van der Waals surface area (Å²) >= 11 is 4.97. The monoisotopic (exact) mass is 514 g/mol. The van der Waals surface area contributed by atoms with E-state index in [-0.39, 0.29) is 0 Å². The van der Waals surface area contributed by atoms with Crippen molar-refractivity contribution in [3.05, 3.63) is 59.1 Å². The van der Waals surface area contributed by atoms with Crippen molar-refractivity contribution in [1.29, 1.82) is 0 Å². The SMILES string of the molecule is C=CCSc1nnc2c(n1)O[C@H](c1cc(OC)c(OC(C)=O)cc1Br)Nc1ccccc1-2. The average molecular weight is 515 g/mol. The molecule has 0 spiro atoms. The number of methoxy groups -OCH3 is 1. The van der Waals surface area contributed by atoms with Gasteiger partial charge in [-0.15, -0.1) is 16.8 Å². The van der Waals surface area contributed by atoms with Crippen LogP contribution in [0, 0.1) is 0 Å². The van der Waals surface area contributed by atoms with E-state index in [0.717, 1.165) is 16.8 Å². The van der Waals surface area contributed by atoms with Gasteiger partial charge in [-0.3, -0.25) is 4.79 Å². The minimum Gasteiger partial charge on any atom is -0.493 e. The molecule has 0 saturated heterocycles. The minimum absolute atomic E-state index is 0.303. The molecule has 2 aromatic carbocycles. The molecule has 8 nitrogen and oxygen atoms in total. The second-order valence-electron chi connectivity index (χ2n) is 6.65. The molecule has 0 amide bonds. The standard InChI is InChI=1S/C22H19BrN4O4S/c1-4-9-32-22-25-21-19(26-27-22)13-7-5-6-8-16(13)24-20(31-21)14-10-17(29-3)18(11-15(14)23)30-12(2)28/h4-8,10-11,20,24H,1,9H2,2-3H3/t20-/m1/s1. The number of anilines is 1. The summed E-state index contributed by atoms with van der Waals surface area (Å²) in [4.78, 5) is 16.0. The third-order valence-corrected chi connectivity index (χ3v) is 6.00. The van der Waals surface area contributed by atoms with Gasteiger partial charge in [0.25, 0.3) is 0 Å². The molecule has 0 bridgehead atoms. The summed E-state index contributed by atoms with van der Waals surface area (Å²) in [6.07, 6.45) is 1.13. The Bertz CT molecular complexity index is 1190. The van der Waals surface area contributed by atoms with Gasteiger partial charge in [-0.05, 0) is 18.2 Å². The first kappa shape index (κ1) is 22.1. The molecule has 1 aliphatic heterocycles. The third-order valence-electron chi connectivity index (χ3n) is 4.48. The van der Waals surface area contributed by atoms with Crippen molar-refractivity contribution in [3.8, 4) is 28.6 Å². The van der Waals surface area contributed by atoms with Crippen molar-refractivity contribution in [3.63, 3.8) is 0 Å². The number of rotatable bonds is 6. The molecule has 0 aliphatic carbocycles. The summed E-state index contributed by atoms with van der Waals surface area (Å²) in [5.74, 6) is 1.26. The first-order valence-corrected chi connectivity index (χ1v) is 11.3. The number of hydrogen-bond donors (Lipinski definition) is 1. The lowest BCUT2D eigenvalue weighted by molar-refractivity contribution is -0.132. The maximum atomic E-state index is 11.4. The predicted molar refractivity (Wildman–Crippen MR) is 125 cm³/mol. The van der Waals surface area contributed by atoms with Crippen molar-refractivity contribution in [2.45, 2.75) is 18.3 Å². The maximum absolute atomic E-state index is 11.4. The van der Waals surface area contributed by atoms with Crippen LogP contribution in [0.2, 0.25) is 0 Å². The van der Waals surface area contributed by atoms with Crippen LogP contribution in [0.25, 0.3) is 11.3 Å². The van der Waals surface area contributed by atoms with Crippen LogP contribution >= 0.6 is 27.7 Å². The van der Waals surface area contributed by atoms with E-state index >= 15 is 0 Å². The second kappa shape index (κ2) is 9.58. The van der Waals surface area contributed by atoms with Gasteiger partial charge in [0.2, 0.25) is 11.0 Å². The number of fused-ring (bicyclic) bond motifs is 3. The molecular formula is C22H19BrN4O4S. The normalized spacial score (nSPS) is 14.2. The summed E-state index contributed by atoms with van der Waals surface area (Å²) in [6.45, 7) is 5.06. The van der Waals surface area contributed by atoms with Crippen LogP contribution in [0.4, 0.5) is 5.69 Å². The topological polar surface area (TPSA) is 95.5 Å². The number of esters is 1. The van der Waals surface area contributed by atoms with E-state index in [9.17, 15) is 4.79 Å². The molecule has 1 N–H and O–H groups in total. The molecule has 0 unspecified atom stereocenters. The second-order valence-corrected chi connectivity index (χ2v) is 8.50. The average Bonchev–Trinajstić information content (AvgIpc) is 2.93. The summed E-state index contributed by atoms with van der Waals surface area (Å²) in [6, 6.07) is 11.1. The first-order valence-electron chi connectivity index (χ1n) is 9.57. The molecule has 0 radical (unpaired) electrons. The molecule has 4 rings (SSSR count). The fourth-order valence-corrected chi connectivity index (χ4v) is 4.17. The Kier molecular flexibility index (Phi) is 6.61. The number of nitrogens with zero attached hydrogens (tertiary/aromatic N) is 3. The van der Waals surface area contributed by atoms with E-state index in [1.807, 2.05) is 24.3 Å². The highest BCUT2D eigenvalue weighted by Crippen LogP contribution is 2.43. The fourth-order valence-electron chi connectivity index (χ4n) is 3.13. The van der Waals surface area contributed by atoms with Crippen molar-refractivity contribution in [2.75, 3.05) is 18.2 Å². The van der Waals surface area contributed by atoms with Crippen molar-refractivity contribution < 1.29 is 19.0 Å². The Balaban J connectivity index is 1.80. The van der Waals surface area contributed by atoms with Crippen LogP contribution in [0.15, 0.2) is 58.7 Å². The van der Waals surface area contributed by atoms with Gasteiger partial charge >= 0.3 is 5.97 Å². The zero-order valence-corrected chi connectivity index (χ0v) is 19.7. The number of aromatic nitrogens is 3. The van der Waals surface area contributed by atoms with Crippen LogP contribution in [-0.4, -0.2) is 34.0 Å². The number of thioether (sulfide) groups is 1. The van der Waals surface area contributed by atoms with Crippen LogP contribution in [0.1, 0.15) is 18.7 Å². The van der Waals surface area contributed by atoms with Gasteiger partial charge in [0.1, 0.15) is 0 Å². The van der Waals surface area contributed by atoms with Crippen LogP contribution in [0.5, 0.6) is 17.4 Å². The van der Waals surface area contributed by atoms with Gasteiger partial charge in [0.15, 0.2) is 23.4 Å². The molecule has 10 heteroatoms. The molecule has 1 aromatic heterocycles. The van der Waals surface area contributed by atoms with Crippen molar-refractivity contribution in [2.24, 2.45) is 0 Å². The molecule has 1 atom stereocenters. The quantitative estimate of drug-likeness (QED) is 0.210. The zero-order valence-electron chi connectivity index (χ0n) is 17.3. The Morgan fingerprint density at radius 3 is 2.88 bits per heavy atom. The number of para-hydroxylation sites is 1. The van der Waals surface area contributed by atoms with Crippen molar-refractivity contribution in [1.82, 2.24) is 15.2 Å². The third kappa shape index (κ3) is 4.56. The smallest absolute Gasteiger partial charge is 0.308 e. The summed E-state index contributed by atoms with van der Waals surface area (Å²) in [5.41, 5.74) is 2.90. The Hall–Kier alpha value is -3.11. The molecule has 164 valence electrons. The Labute approximate surface area is 197 Å². The number of carbonyl (C=O) groups is 1. The lowest BCUT2D eigenvalue weighted by atomic mass is 10.1. The number of benzene rings is 2. The van der Waals surface area contributed by atoms with Crippen LogP contribution < -0.4 is 19.5 Å². The summed E-state index contributed by atoms with van der Waals surface area (Å²) < 4.78 is 17.6. The first-order chi connectivity index (χ1) is 15.5. The Morgan fingerprint density at radius 1 is 1.31 bits per heavy atom. The highest BCUT2D eigenvalue weighted by molar-refractivity contribution is 9.10. The predicted octanol–water partition coefficient (Wildman–Crippen LogP) is 5.02. The maximum Gasteiger partial charge on any atom is 0.308 e. The van der Waals surface area contributed by atoms with E-state index < -0.39 is 12.2 Å². The van der Waals surface area contributed by atoms with E-state index in [1.165, 1.54) is 25.8 Å². The lowest BCUT2D eigenvalue weighted by Gasteiger charge is -2.22. The summed E-state index contributed by atoms with van der Waals surface area (Å²) in [5, 5.41) is 12.5. The van der Waals surface area contributed by atoms with Crippen LogP contribution in [0.3, 0.4) is 0 Å². The number of nitrogens with one attached hydrogen (secondary N) is 1. The largest absolute Gasteiger partial charge is 0.493 e. The van der Waals surface area contributed by atoms with Crippen LogP contribution in [-0.2, 0) is 4.79 Å². The van der Waals surface area contributed by atoms with E-state index in [1.54, 1.807) is 18.2 Å². The Morgan fingerprint density at radius 2 is 2.12 bits per heavy atom. The number of ether oxygens (including phenoxy) is 3. The number of carbonyl (C=O) groups excluding carboxylic acids is 1. The fraction of sp³-hybridized carbons (Fsp3) is 0.182. The van der Waals surface area contributed by atoms with Gasteiger partial charge < -0.3 is 19.5 Å². The van der Waals surface area contributed by atoms with E-state index in [2.05, 4.69) is 43.0 Å². The van der Waals surface area contributed by atoms with Gasteiger partial charge in [-0.2, -0.15) is 4.98 Å². The van der Waals surface area contributed by atoms with Gasteiger partial charge in [0.05, 0.1) is 7.11 Å². The highest BCUT2D eigenvalue weighted by Gasteiger charge is 2.28. The van der Waals surface area contributed by atoms with Gasteiger partial charge in [-0.1, -0.05) is 52.0 Å². The number of halogens is 1. The molecular weight excluding hydrogens is 496 g/mol. The molecule has 1 aliphatic rings. The molecule has 0 saturated carbocycles. The molecule has 2 heterocycles. The molecule has 3 aromatic rings. The zero-order chi connectivity index (χ0) is 22.7. The molecule has 0 fully saturated rings. The highest BCUT2D eigenvalue weighted by atomic mass is 79.9. The molecule has 32 heavy (non-hydrogen) atoms. The van der Waals surface area contributed by atoms with Crippen molar-refractivity contribution >= 4 is 39.3 Å². The van der Waals surface area contributed by atoms with Gasteiger partial charge in [-0.25, -0.2) is 0 Å². The van der Waals surface area contributed by atoms with E-state index in [4.69, 9.17) is 14.2 Å². The number of hydrogen-bond acceptors (Lipinski definition) is 9. The van der Waals surface area contributed by atoms with Gasteiger partial charge in [0, 0.05) is 34.0 Å². The minimum atomic E-state index is -0.638. The summed E-state index contributed by atoms with van der Waals surface area (Å²) in [7, 11) is 1.51. The van der Waals surface area contributed by atoms with E-state index in [0.29, 0.717) is 38.5 Å². The lowest BCUT2D eigenvalue weighted by Crippen LogP contribution is -2.18.